The molecule has 0 spiro atoms. The SMILES string of the molecule is [CH2]C(OC)(OC)c1cccc(Br)c1. The van der Waals surface area contributed by atoms with Crippen LogP contribution in [-0.4, -0.2) is 14.2 Å². The monoisotopic (exact) mass is 243 g/mol. The summed E-state index contributed by atoms with van der Waals surface area (Å²) in [5, 5.41) is 0. The molecule has 13 heavy (non-hydrogen) atoms. The summed E-state index contributed by atoms with van der Waals surface area (Å²) in [5.41, 5.74) is 0.881. The fourth-order valence-electron chi connectivity index (χ4n) is 1.04. The molecule has 0 amide bonds. The first-order valence-corrected chi connectivity index (χ1v) is 4.63. The number of hydrogen-bond donors (Lipinski definition) is 0. The molecule has 0 aliphatic carbocycles. The second-order valence-corrected chi connectivity index (χ2v) is 3.59. The molecule has 0 N–H and O–H groups in total. The summed E-state index contributed by atoms with van der Waals surface area (Å²) >= 11 is 3.37. The summed E-state index contributed by atoms with van der Waals surface area (Å²) < 4.78 is 11.3. The fourth-order valence-corrected chi connectivity index (χ4v) is 1.44. The molecule has 0 unspecified atom stereocenters. The molecule has 71 valence electrons. The number of halogens is 1. The predicted molar refractivity (Wildman–Crippen MR) is 55.2 cm³/mol. The van der Waals surface area contributed by atoms with Gasteiger partial charge < -0.3 is 9.47 Å². The van der Waals surface area contributed by atoms with E-state index >= 15 is 0 Å². The number of hydrogen-bond acceptors (Lipinski definition) is 2. The molecule has 1 aromatic rings. The van der Waals surface area contributed by atoms with Gasteiger partial charge in [0, 0.05) is 31.2 Å². The van der Waals surface area contributed by atoms with Gasteiger partial charge in [-0.1, -0.05) is 28.1 Å². The maximum Gasteiger partial charge on any atom is 0.194 e. The lowest BCUT2D eigenvalue weighted by Crippen LogP contribution is -2.26. The highest BCUT2D eigenvalue weighted by molar-refractivity contribution is 9.10. The van der Waals surface area contributed by atoms with E-state index in [9.17, 15) is 0 Å². The molecule has 0 fully saturated rings. The molecule has 0 heterocycles. The largest absolute Gasteiger partial charge is 0.349 e. The molecule has 0 saturated carbocycles. The molecule has 1 aromatic carbocycles. The summed E-state index contributed by atoms with van der Waals surface area (Å²) in [4.78, 5) is 0. The van der Waals surface area contributed by atoms with Gasteiger partial charge in [0.1, 0.15) is 0 Å². The Morgan fingerprint density at radius 2 is 1.92 bits per heavy atom. The number of rotatable bonds is 3. The van der Waals surface area contributed by atoms with Gasteiger partial charge in [-0.15, -0.1) is 0 Å². The van der Waals surface area contributed by atoms with Crippen molar-refractivity contribution < 1.29 is 9.47 Å². The zero-order valence-electron chi connectivity index (χ0n) is 7.71. The molecular weight excluding hydrogens is 232 g/mol. The topological polar surface area (TPSA) is 18.5 Å². The van der Waals surface area contributed by atoms with E-state index < -0.39 is 5.79 Å². The molecule has 1 radical (unpaired) electrons. The van der Waals surface area contributed by atoms with Gasteiger partial charge in [0.05, 0.1) is 0 Å². The summed E-state index contributed by atoms with van der Waals surface area (Å²) in [7, 11) is 3.13. The van der Waals surface area contributed by atoms with E-state index in [1.165, 1.54) is 0 Å². The third-order valence-corrected chi connectivity index (χ3v) is 2.42. The van der Waals surface area contributed by atoms with Crippen LogP contribution in [0.2, 0.25) is 0 Å². The van der Waals surface area contributed by atoms with Crippen LogP contribution in [0.15, 0.2) is 28.7 Å². The second kappa shape index (κ2) is 4.22. The molecule has 0 aromatic heterocycles. The Hall–Kier alpha value is -0.380. The quantitative estimate of drug-likeness (QED) is 0.761. The van der Waals surface area contributed by atoms with Crippen molar-refractivity contribution in [1.82, 2.24) is 0 Å². The highest BCUT2D eigenvalue weighted by atomic mass is 79.9. The number of methoxy groups -OCH3 is 2. The Labute approximate surface area is 87.0 Å². The highest BCUT2D eigenvalue weighted by Crippen LogP contribution is 2.26. The van der Waals surface area contributed by atoms with E-state index in [0.717, 1.165) is 10.0 Å². The molecule has 0 atom stereocenters. The van der Waals surface area contributed by atoms with Crippen molar-refractivity contribution in [2.75, 3.05) is 14.2 Å². The van der Waals surface area contributed by atoms with E-state index in [1.807, 2.05) is 24.3 Å². The maximum atomic E-state index is 5.17. The predicted octanol–water partition coefficient (Wildman–Crippen LogP) is 2.73. The van der Waals surface area contributed by atoms with Crippen LogP contribution in [0.25, 0.3) is 0 Å². The first-order valence-electron chi connectivity index (χ1n) is 3.84. The molecule has 0 aliphatic rings. The minimum Gasteiger partial charge on any atom is -0.349 e. The molecular formula is C10H12BrO2. The van der Waals surface area contributed by atoms with E-state index in [-0.39, 0.29) is 0 Å². The Morgan fingerprint density at radius 3 is 2.38 bits per heavy atom. The van der Waals surface area contributed by atoms with Crippen LogP contribution in [0.3, 0.4) is 0 Å². The van der Waals surface area contributed by atoms with Gasteiger partial charge in [0.2, 0.25) is 0 Å². The standard InChI is InChI=1S/C10H12BrO2/c1-10(12-2,13-3)8-5-4-6-9(11)7-8/h4-7H,1H2,2-3H3. The van der Waals surface area contributed by atoms with Crippen molar-refractivity contribution in [2.24, 2.45) is 0 Å². The molecule has 1 rings (SSSR count). The molecule has 0 aliphatic heterocycles. The Morgan fingerprint density at radius 1 is 1.31 bits per heavy atom. The molecule has 3 heteroatoms. The first-order chi connectivity index (χ1) is 6.12. The normalized spacial score (nSPS) is 11.7. The fraction of sp³-hybridized carbons (Fsp3) is 0.300. The van der Waals surface area contributed by atoms with E-state index in [2.05, 4.69) is 22.9 Å². The zero-order chi connectivity index (χ0) is 9.90. The van der Waals surface area contributed by atoms with E-state index in [1.54, 1.807) is 14.2 Å². The third-order valence-electron chi connectivity index (χ3n) is 1.92. The lowest BCUT2D eigenvalue weighted by Gasteiger charge is -2.26. The van der Waals surface area contributed by atoms with Crippen molar-refractivity contribution in [1.29, 1.82) is 0 Å². The van der Waals surface area contributed by atoms with Crippen LogP contribution in [0, 0.1) is 6.92 Å². The van der Waals surface area contributed by atoms with E-state index in [4.69, 9.17) is 9.47 Å². The summed E-state index contributed by atoms with van der Waals surface area (Å²) in [5.74, 6) is -0.913. The van der Waals surface area contributed by atoms with Gasteiger partial charge in [0.15, 0.2) is 5.79 Å². The average molecular weight is 244 g/mol. The van der Waals surface area contributed by atoms with Crippen molar-refractivity contribution >= 4 is 15.9 Å². The van der Waals surface area contributed by atoms with Crippen LogP contribution in [-0.2, 0) is 15.3 Å². The lowest BCUT2D eigenvalue weighted by molar-refractivity contribution is -0.180. The van der Waals surface area contributed by atoms with Gasteiger partial charge in [0.25, 0.3) is 0 Å². The second-order valence-electron chi connectivity index (χ2n) is 2.67. The highest BCUT2D eigenvalue weighted by Gasteiger charge is 2.25. The lowest BCUT2D eigenvalue weighted by atomic mass is 10.1. The van der Waals surface area contributed by atoms with Crippen LogP contribution in [0.1, 0.15) is 5.56 Å². The van der Waals surface area contributed by atoms with Crippen molar-refractivity contribution in [3.05, 3.63) is 41.2 Å². The summed E-state index contributed by atoms with van der Waals surface area (Å²) in [6.45, 7) is 3.85. The molecule has 0 saturated heterocycles. The van der Waals surface area contributed by atoms with Crippen LogP contribution < -0.4 is 0 Å². The zero-order valence-corrected chi connectivity index (χ0v) is 9.30. The maximum absolute atomic E-state index is 5.17. The smallest absolute Gasteiger partial charge is 0.194 e. The van der Waals surface area contributed by atoms with Gasteiger partial charge in [-0.2, -0.15) is 0 Å². The first kappa shape index (κ1) is 10.7. The third kappa shape index (κ3) is 2.30. The average Bonchev–Trinajstić information content (AvgIpc) is 2.17. The van der Waals surface area contributed by atoms with Crippen LogP contribution >= 0.6 is 15.9 Å². The minimum atomic E-state index is -0.913. The van der Waals surface area contributed by atoms with Crippen molar-refractivity contribution in [3.8, 4) is 0 Å². The summed E-state index contributed by atoms with van der Waals surface area (Å²) in [6, 6.07) is 7.68. The Balaban J connectivity index is 3.05. The summed E-state index contributed by atoms with van der Waals surface area (Å²) in [6.07, 6.45) is 0. The van der Waals surface area contributed by atoms with Gasteiger partial charge in [-0.3, -0.25) is 0 Å². The van der Waals surface area contributed by atoms with Gasteiger partial charge in [-0.05, 0) is 12.1 Å². The van der Waals surface area contributed by atoms with Gasteiger partial charge >= 0.3 is 0 Å². The Bertz CT molecular complexity index is 282. The van der Waals surface area contributed by atoms with Crippen molar-refractivity contribution in [3.63, 3.8) is 0 Å². The number of benzene rings is 1. The van der Waals surface area contributed by atoms with Crippen LogP contribution in [0.4, 0.5) is 0 Å². The Kier molecular flexibility index (Phi) is 3.47. The van der Waals surface area contributed by atoms with Crippen molar-refractivity contribution in [2.45, 2.75) is 5.79 Å². The van der Waals surface area contributed by atoms with Gasteiger partial charge in [-0.25, -0.2) is 0 Å². The minimum absolute atomic E-state index is 0.881. The van der Waals surface area contributed by atoms with E-state index in [0.29, 0.717) is 0 Å². The molecule has 0 bridgehead atoms. The number of ether oxygens (including phenoxy) is 2. The van der Waals surface area contributed by atoms with Crippen LogP contribution in [0.5, 0.6) is 0 Å². The molecule has 2 nitrogen and oxygen atoms in total.